The van der Waals surface area contributed by atoms with Gasteiger partial charge >= 0.3 is 0 Å². The first-order valence-corrected chi connectivity index (χ1v) is 9.22. The molecular weight excluding hydrogens is 328 g/mol. The molecule has 26 heavy (non-hydrogen) atoms. The monoisotopic (exact) mass is 352 g/mol. The van der Waals surface area contributed by atoms with Gasteiger partial charge in [-0.05, 0) is 47.8 Å². The van der Waals surface area contributed by atoms with Crippen LogP contribution >= 0.6 is 0 Å². The first-order chi connectivity index (χ1) is 12.3. The van der Waals surface area contributed by atoms with Crippen LogP contribution in [0.25, 0.3) is 0 Å². The van der Waals surface area contributed by atoms with Crippen LogP contribution in [0.2, 0.25) is 0 Å². The van der Waals surface area contributed by atoms with E-state index in [2.05, 4.69) is 31.8 Å². The Bertz CT molecular complexity index is 832. The number of carbonyl (C=O) groups is 3. The minimum Gasteiger partial charge on any atom is -0.322 e. The quantitative estimate of drug-likeness (QED) is 0.672. The maximum absolute atomic E-state index is 13.0. The molecule has 1 N–H and O–H groups in total. The zero-order chi connectivity index (χ0) is 18.6. The Morgan fingerprint density at radius 3 is 2.58 bits per heavy atom. The van der Waals surface area contributed by atoms with Gasteiger partial charge in [-0.15, -0.1) is 0 Å². The van der Waals surface area contributed by atoms with Gasteiger partial charge in [0, 0.05) is 18.5 Å². The summed E-state index contributed by atoms with van der Waals surface area (Å²) in [5.74, 6) is -0.202. The maximum atomic E-state index is 13.0. The van der Waals surface area contributed by atoms with Gasteiger partial charge in [0.15, 0.2) is 0 Å². The summed E-state index contributed by atoms with van der Waals surface area (Å²) >= 11 is 0. The zero-order valence-electron chi connectivity index (χ0n) is 15.3. The van der Waals surface area contributed by atoms with Gasteiger partial charge in [0.25, 0.3) is 5.91 Å². The second-order valence-corrected chi connectivity index (χ2v) is 8.31. The molecule has 1 aromatic rings. The number of hydrogen-bond acceptors (Lipinski definition) is 3. The average molecular weight is 352 g/mol. The van der Waals surface area contributed by atoms with Crippen molar-refractivity contribution in [1.29, 1.82) is 0 Å². The van der Waals surface area contributed by atoms with E-state index in [1.165, 1.54) is 11.1 Å². The summed E-state index contributed by atoms with van der Waals surface area (Å²) in [6.07, 6.45) is 2.73. The second kappa shape index (κ2) is 5.79. The van der Waals surface area contributed by atoms with Crippen LogP contribution in [0, 0.1) is 5.92 Å². The molecule has 0 radical (unpaired) electrons. The molecular formula is C21H24N2O3. The number of fused-ring (bicyclic) bond motifs is 1. The van der Waals surface area contributed by atoms with Crippen molar-refractivity contribution in [2.75, 3.05) is 0 Å². The van der Waals surface area contributed by atoms with Crippen molar-refractivity contribution in [2.45, 2.75) is 57.5 Å². The lowest BCUT2D eigenvalue weighted by Gasteiger charge is -2.43. The standard InChI is InChI=1S/C21H24N2O3/c1-12-9-13(10-12)21(2,3)16-6-4-5-14-15(16)11-23(20(14)26)17-7-8-18(24)22-19(17)25/h4-6,13,17H,1,7-11H2,2-3H3,(H,22,24,25). The molecule has 1 saturated carbocycles. The molecule has 3 amide bonds. The van der Waals surface area contributed by atoms with Gasteiger partial charge in [-0.25, -0.2) is 0 Å². The molecule has 5 heteroatoms. The number of piperidine rings is 1. The Morgan fingerprint density at radius 1 is 1.19 bits per heavy atom. The van der Waals surface area contributed by atoms with Crippen LogP contribution in [0.3, 0.4) is 0 Å². The van der Waals surface area contributed by atoms with E-state index in [1.54, 1.807) is 4.90 Å². The van der Waals surface area contributed by atoms with Crippen molar-refractivity contribution < 1.29 is 14.4 Å². The molecule has 0 spiro atoms. The van der Waals surface area contributed by atoms with E-state index in [0.29, 0.717) is 24.4 Å². The third-order valence-electron chi connectivity index (χ3n) is 6.37. The lowest BCUT2D eigenvalue weighted by Crippen LogP contribution is -2.52. The molecule has 5 nitrogen and oxygen atoms in total. The first kappa shape index (κ1) is 17.0. The van der Waals surface area contributed by atoms with Crippen molar-refractivity contribution in [1.82, 2.24) is 10.2 Å². The van der Waals surface area contributed by atoms with E-state index in [-0.39, 0.29) is 29.6 Å². The highest BCUT2D eigenvalue weighted by Gasteiger charge is 2.44. The number of nitrogens with zero attached hydrogens (tertiary/aromatic N) is 1. The average Bonchev–Trinajstić information content (AvgIpc) is 2.89. The molecule has 136 valence electrons. The van der Waals surface area contributed by atoms with Crippen LogP contribution in [0.1, 0.15) is 61.0 Å². The summed E-state index contributed by atoms with van der Waals surface area (Å²) in [6, 6.07) is 5.34. The largest absolute Gasteiger partial charge is 0.322 e. The molecule has 1 aromatic carbocycles. The Labute approximate surface area is 153 Å². The zero-order valence-corrected chi connectivity index (χ0v) is 15.3. The summed E-state index contributed by atoms with van der Waals surface area (Å²) in [5.41, 5.74) is 4.16. The van der Waals surface area contributed by atoms with Gasteiger partial charge in [-0.1, -0.05) is 38.1 Å². The Hall–Kier alpha value is -2.43. The van der Waals surface area contributed by atoms with Gasteiger partial charge in [0.2, 0.25) is 11.8 Å². The van der Waals surface area contributed by atoms with Gasteiger partial charge in [-0.2, -0.15) is 0 Å². The summed E-state index contributed by atoms with van der Waals surface area (Å²) < 4.78 is 0. The fourth-order valence-corrected chi connectivity index (χ4v) is 4.56. The minimum atomic E-state index is -0.563. The Balaban J connectivity index is 1.65. The summed E-state index contributed by atoms with van der Waals surface area (Å²) in [7, 11) is 0. The maximum Gasteiger partial charge on any atom is 0.255 e. The molecule has 2 fully saturated rings. The van der Waals surface area contributed by atoms with E-state index in [4.69, 9.17) is 0 Å². The van der Waals surface area contributed by atoms with Crippen LogP contribution in [0.5, 0.6) is 0 Å². The topological polar surface area (TPSA) is 66.5 Å². The van der Waals surface area contributed by atoms with Gasteiger partial charge in [0.05, 0.1) is 0 Å². The van der Waals surface area contributed by atoms with Crippen LogP contribution in [0.15, 0.2) is 30.4 Å². The fourth-order valence-electron chi connectivity index (χ4n) is 4.56. The van der Waals surface area contributed by atoms with Gasteiger partial charge < -0.3 is 4.90 Å². The smallest absolute Gasteiger partial charge is 0.255 e. The van der Waals surface area contributed by atoms with Crippen molar-refractivity contribution in [3.8, 4) is 0 Å². The first-order valence-electron chi connectivity index (χ1n) is 9.22. The van der Waals surface area contributed by atoms with Crippen molar-refractivity contribution >= 4 is 17.7 Å². The van der Waals surface area contributed by atoms with Crippen LogP contribution in [-0.4, -0.2) is 28.7 Å². The van der Waals surface area contributed by atoms with Crippen molar-refractivity contribution in [3.05, 3.63) is 47.0 Å². The highest BCUT2D eigenvalue weighted by atomic mass is 16.2. The number of benzene rings is 1. The predicted octanol–water partition coefficient (Wildman–Crippen LogP) is 2.69. The number of nitrogens with one attached hydrogen (secondary N) is 1. The van der Waals surface area contributed by atoms with Crippen LogP contribution < -0.4 is 5.32 Å². The molecule has 1 saturated heterocycles. The predicted molar refractivity (Wildman–Crippen MR) is 97.4 cm³/mol. The molecule has 0 aromatic heterocycles. The number of carbonyl (C=O) groups excluding carboxylic acids is 3. The molecule has 1 aliphatic carbocycles. The van der Waals surface area contributed by atoms with E-state index in [0.717, 1.165) is 18.4 Å². The van der Waals surface area contributed by atoms with Crippen LogP contribution in [-0.2, 0) is 21.5 Å². The van der Waals surface area contributed by atoms with Gasteiger partial charge in [0.1, 0.15) is 6.04 Å². The Kier molecular flexibility index (Phi) is 3.79. The number of allylic oxidation sites excluding steroid dienone is 1. The van der Waals surface area contributed by atoms with Gasteiger partial charge in [-0.3, -0.25) is 19.7 Å². The third-order valence-corrected chi connectivity index (χ3v) is 6.37. The number of rotatable bonds is 3. The Morgan fingerprint density at radius 2 is 1.92 bits per heavy atom. The third kappa shape index (κ3) is 2.49. The molecule has 3 aliphatic rings. The second-order valence-electron chi connectivity index (χ2n) is 8.31. The van der Waals surface area contributed by atoms with E-state index >= 15 is 0 Å². The SMILES string of the molecule is C=C1CC(C(C)(C)c2cccc3c2CN(C2CCC(=O)NC2=O)C3=O)C1. The highest BCUT2D eigenvalue weighted by molar-refractivity contribution is 6.05. The van der Waals surface area contributed by atoms with Crippen molar-refractivity contribution in [2.24, 2.45) is 5.92 Å². The lowest BCUT2D eigenvalue weighted by molar-refractivity contribution is -0.136. The number of amides is 3. The van der Waals surface area contributed by atoms with Crippen LogP contribution in [0.4, 0.5) is 0 Å². The molecule has 0 bridgehead atoms. The minimum absolute atomic E-state index is 0.0480. The summed E-state index contributed by atoms with van der Waals surface area (Å²) in [6.45, 7) is 8.96. The number of imide groups is 1. The molecule has 1 unspecified atom stereocenters. The molecule has 1 atom stereocenters. The van der Waals surface area contributed by atoms with E-state index in [9.17, 15) is 14.4 Å². The van der Waals surface area contributed by atoms with E-state index in [1.807, 2.05) is 12.1 Å². The molecule has 2 heterocycles. The summed E-state index contributed by atoms with van der Waals surface area (Å²) in [5, 5.41) is 2.36. The fraction of sp³-hybridized carbons (Fsp3) is 0.476. The van der Waals surface area contributed by atoms with E-state index < -0.39 is 6.04 Å². The summed E-state index contributed by atoms with van der Waals surface area (Å²) in [4.78, 5) is 38.2. The number of hydrogen-bond donors (Lipinski definition) is 1. The molecule has 2 aliphatic heterocycles. The lowest BCUT2D eigenvalue weighted by atomic mass is 9.61. The molecule has 4 rings (SSSR count). The normalized spacial score (nSPS) is 23.8. The van der Waals surface area contributed by atoms with Crippen molar-refractivity contribution in [3.63, 3.8) is 0 Å². The highest BCUT2D eigenvalue weighted by Crippen LogP contribution is 2.48.